The molecule has 0 bridgehead atoms. The molecule has 2 heterocycles. The van der Waals surface area contributed by atoms with Gasteiger partial charge in [0.25, 0.3) is 0 Å². The van der Waals surface area contributed by atoms with E-state index in [9.17, 15) is 8.42 Å². The Morgan fingerprint density at radius 2 is 2.12 bits per heavy atom. The third-order valence-corrected chi connectivity index (χ3v) is 4.67. The third-order valence-electron chi connectivity index (χ3n) is 2.67. The first-order valence-corrected chi connectivity index (χ1v) is 7.14. The lowest BCUT2D eigenvalue weighted by Crippen LogP contribution is -2.53. The van der Waals surface area contributed by atoms with Gasteiger partial charge in [0.1, 0.15) is 11.5 Å². The summed E-state index contributed by atoms with van der Waals surface area (Å²) in [6, 6.07) is 3.46. The summed E-state index contributed by atoms with van der Waals surface area (Å²) in [7, 11) is -3.00. The molecule has 16 heavy (non-hydrogen) atoms. The van der Waals surface area contributed by atoms with Crippen LogP contribution in [0.3, 0.4) is 0 Å². The molecule has 0 aliphatic carbocycles. The van der Waals surface area contributed by atoms with Gasteiger partial charge in [0.05, 0.1) is 17.5 Å². The summed E-state index contributed by atoms with van der Waals surface area (Å²) in [5.74, 6) is 1.80. The van der Waals surface area contributed by atoms with E-state index >= 15 is 0 Å². The molecule has 2 rings (SSSR count). The van der Waals surface area contributed by atoms with E-state index in [4.69, 9.17) is 4.42 Å². The highest BCUT2D eigenvalue weighted by Crippen LogP contribution is 2.26. The van der Waals surface area contributed by atoms with Gasteiger partial charge in [-0.2, -0.15) is 0 Å². The number of nitrogens with one attached hydrogen (secondary N) is 1. The van der Waals surface area contributed by atoms with Gasteiger partial charge in [-0.3, -0.25) is 0 Å². The van der Waals surface area contributed by atoms with Crippen molar-refractivity contribution in [1.29, 1.82) is 0 Å². The van der Waals surface area contributed by atoms with Gasteiger partial charge in [0.15, 0.2) is 9.84 Å². The summed E-state index contributed by atoms with van der Waals surface area (Å²) in [6.45, 7) is 5.64. The molecule has 1 saturated heterocycles. The van der Waals surface area contributed by atoms with Crippen LogP contribution < -0.4 is 5.32 Å². The minimum atomic E-state index is -3.00. The van der Waals surface area contributed by atoms with Crippen LogP contribution in [-0.4, -0.2) is 25.5 Å². The highest BCUT2D eigenvalue weighted by atomic mass is 32.2. The maximum Gasteiger partial charge on any atom is 0.154 e. The molecule has 90 valence electrons. The number of rotatable bonds is 1. The van der Waals surface area contributed by atoms with E-state index in [-0.39, 0.29) is 17.5 Å². The maximum absolute atomic E-state index is 11.8. The Morgan fingerprint density at radius 3 is 2.62 bits per heavy atom. The maximum atomic E-state index is 11.8. The Balaban J connectivity index is 2.30. The zero-order chi connectivity index (χ0) is 12.0. The molecule has 1 fully saturated rings. The van der Waals surface area contributed by atoms with Crippen LogP contribution >= 0.6 is 0 Å². The highest BCUT2D eigenvalue weighted by Gasteiger charge is 2.37. The first-order valence-electron chi connectivity index (χ1n) is 5.32. The van der Waals surface area contributed by atoms with Gasteiger partial charge in [0, 0.05) is 5.54 Å². The minimum Gasteiger partial charge on any atom is -0.465 e. The molecule has 0 spiro atoms. The molecule has 1 aliphatic heterocycles. The van der Waals surface area contributed by atoms with Crippen molar-refractivity contribution in [3.8, 4) is 0 Å². The van der Waals surface area contributed by atoms with Crippen molar-refractivity contribution in [2.75, 3.05) is 11.5 Å². The second-order valence-corrected chi connectivity index (χ2v) is 7.19. The van der Waals surface area contributed by atoms with Crippen molar-refractivity contribution < 1.29 is 12.8 Å². The molecule has 1 atom stereocenters. The number of aryl methyl sites for hydroxylation is 1. The third kappa shape index (κ3) is 2.47. The van der Waals surface area contributed by atoms with Crippen molar-refractivity contribution in [1.82, 2.24) is 5.32 Å². The minimum absolute atomic E-state index is 0.114. The number of hydrogen-bond acceptors (Lipinski definition) is 4. The molecule has 4 nitrogen and oxygen atoms in total. The van der Waals surface area contributed by atoms with E-state index in [1.54, 1.807) is 0 Å². The van der Waals surface area contributed by atoms with Crippen LogP contribution in [0.2, 0.25) is 0 Å². The first kappa shape index (κ1) is 11.7. The predicted molar refractivity (Wildman–Crippen MR) is 62.1 cm³/mol. The van der Waals surface area contributed by atoms with Gasteiger partial charge in [0.2, 0.25) is 0 Å². The number of hydrogen-bond donors (Lipinski definition) is 1. The molecular weight excluding hydrogens is 226 g/mol. The Kier molecular flexibility index (Phi) is 2.62. The highest BCUT2D eigenvalue weighted by molar-refractivity contribution is 7.91. The van der Waals surface area contributed by atoms with Crippen LogP contribution in [0.5, 0.6) is 0 Å². The second kappa shape index (κ2) is 3.60. The van der Waals surface area contributed by atoms with Crippen LogP contribution in [-0.2, 0) is 9.84 Å². The SMILES string of the molecule is Cc1ccc(C2CS(=O)(=O)CC(C)(C)N2)o1. The smallest absolute Gasteiger partial charge is 0.154 e. The zero-order valence-corrected chi connectivity index (χ0v) is 10.6. The van der Waals surface area contributed by atoms with E-state index in [1.165, 1.54) is 0 Å². The molecule has 0 amide bonds. The van der Waals surface area contributed by atoms with E-state index < -0.39 is 15.4 Å². The Morgan fingerprint density at radius 1 is 1.44 bits per heavy atom. The molecule has 5 heteroatoms. The summed E-state index contributed by atoms with van der Waals surface area (Å²) in [4.78, 5) is 0. The van der Waals surface area contributed by atoms with Crippen LogP contribution in [0.15, 0.2) is 16.5 Å². The van der Waals surface area contributed by atoms with E-state index in [0.29, 0.717) is 5.76 Å². The van der Waals surface area contributed by atoms with Gasteiger partial charge in [-0.1, -0.05) is 0 Å². The van der Waals surface area contributed by atoms with Crippen LogP contribution in [0, 0.1) is 6.92 Å². The average molecular weight is 243 g/mol. The standard InChI is InChI=1S/C11H17NO3S/c1-8-4-5-10(15-8)9-6-16(13,14)7-11(2,3)12-9/h4-5,9,12H,6-7H2,1-3H3. The van der Waals surface area contributed by atoms with Gasteiger partial charge < -0.3 is 9.73 Å². The fraction of sp³-hybridized carbons (Fsp3) is 0.636. The number of furan rings is 1. The quantitative estimate of drug-likeness (QED) is 0.810. The lowest BCUT2D eigenvalue weighted by atomic mass is 10.1. The second-order valence-electron chi connectivity index (χ2n) is 5.08. The van der Waals surface area contributed by atoms with Crippen LogP contribution in [0.4, 0.5) is 0 Å². The molecule has 0 aromatic carbocycles. The Labute approximate surface area is 95.9 Å². The molecule has 0 saturated carbocycles. The van der Waals surface area contributed by atoms with Gasteiger partial charge >= 0.3 is 0 Å². The van der Waals surface area contributed by atoms with Crippen molar-refractivity contribution in [3.05, 3.63) is 23.7 Å². The summed E-state index contributed by atoms with van der Waals surface area (Å²) in [6.07, 6.45) is 0. The average Bonchev–Trinajstić information content (AvgIpc) is 2.45. The number of sulfone groups is 1. The van der Waals surface area contributed by atoms with Crippen molar-refractivity contribution in [3.63, 3.8) is 0 Å². The summed E-state index contributed by atoms with van der Waals surface area (Å²) >= 11 is 0. The molecule has 1 N–H and O–H groups in total. The summed E-state index contributed by atoms with van der Waals surface area (Å²) < 4.78 is 29.0. The molecule has 1 unspecified atom stereocenters. The normalized spacial score (nSPS) is 27.8. The summed E-state index contributed by atoms with van der Waals surface area (Å²) in [5, 5.41) is 3.31. The van der Waals surface area contributed by atoms with Gasteiger partial charge in [-0.05, 0) is 32.9 Å². The lowest BCUT2D eigenvalue weighted by Gasteiger charge is -2.35. The van der Waals surface area contributed by atoms with Crippen molar-refractivity contribution in [2.24, 2.45) is 0 Å². The largest absolute Gasteiger partial charge is 0.465 e. The zero-order valence-electron chi connectivity index (χ0n) is 9.78. The topological polar surface area (TPSA) is 59.3 Å². The molecule has 1 aromatic heterocycles. The van der Waals surface area contributed by atoms with Crippen molar-refractivity contribution >= 4 is 9.84 Å². The summed E-state index contributed by atoms with van der Waals surface area (Å²) in [5.41, 5.74) is -0.400. The fourth-order valence-corrected chi connectivity index (χ4v) is 4.27. The molecule has 0 radical (unpaired) electrons. The van der Waals surface area contributed by atoms with E-state index in [2.05, 4.69) is 5.32 Å². The molecule has 1 aliphatic rings. The van der Waals surface area contributed by atoms with Crippen LogP contribution in [0.1, 0.15) is 31.4 Å². The first-order chi connectivity index (χ1) is 7.27. The van der Waals surface area contributed by atoms with Gasteiger partial charge in [-0.15, -0.1) is 0 Å². The van der Waals surface area contributed by atoms with Gasteiger partial charge in [-0.25, -0.2) is 8.42 Å². The Hall–Kier alpha value is -0.810. The predicted octanol–water partition coefficient (Wildman–Crippen LogP) is 1.43. The van der Waals surface area contributed by atoms with E-state index in [1.807, 2.05) is 32.9 Å². The van der Waals surface area contributed by atoms with Crippen molar-refractivity contribution in [2.45, 2.75) is 32.4 Å². The fourth-order valence-electron chi connectivity index (χ4n) is 2.21. The van der Waals surface area contributed by atoms with E-state index in [0.717, 1.165) is 5.76 Å². The Bertz CT molecular complexity index is 487. The molecular formula is C11H17NO3S. The monoisotopic (exact) mass is 243 g/mol. The van der Waals surface area contributed by atoms with Crippen LogP contribution in [0.25, 0.3) is 0 Å². The lowest BCUT2D eigenvalue weighted by molar-refractivity contribution is 0.321. The molecule has 1 aromatic rings.